The molecule has 0 aliphatic heterocycles. The second-order valence-corrected chi connectivity index (χ2v) is 7.76. The number of hydrogen-bond acceptors (Lipinski definition) is 2. The van der Waals surface area contributed by atoms with Crippen molar-refractivity contribution in [2.24, 2.45) is 4.99 Å². The van der Waals surface area contributed by atoms with E-state index in [4.69, 9.17) is 0 Å². The number of benzene rings is 3. The first-order chi connectivity index (χ1) is 14.0. The summed E-state index contributed by atoms with van der Waals surface area (Å²) >= 11 is 3.43. The Labute approximate surface area is 179 Å². The first-order valence-corrected chi connectivity index (χ1v) is 9.94. The summed E-state index contributed by atoms with van der Waals surface area (Å²) in [6, 6.07) is 23.9. The molecule has 0 bridgehead atoms. The molecule has 0 N–H and O–H groups in total. The van der Waals surface area contributed by atoms with Gasteiger partial charge in [0.25, 0.3) is 5.91 Å². The Morgan fingerprint density at radius 3 is 1.90 bits per heavy atom. The van der Waals surface area contributed by atoms with Crippen molar-refractivity contribution in [2.45, 2.75) is 5.92 Å². The number of carbonyl (C=O) groups is 2. The Morgan fingerprint density at radius 1 is 0.828 bits per heavy atom. The van der Waals surface area contributed by atoms with Crippen LogP contribution in [-0.2, 0) is 4.79 Å². The zero-order chi connectivity index (χ0) is 20.8. The maximum absolute atomic E-state index is 12.9. The lowest BCUT2D eigenvalue weighted by atomic mass is 9.89. The summed E-state index contributed by atoms with van der Waals surface area (Å²) in [5.74, 6) is -0.849. The van der Waals surface area contributed by atoms with Crippen molar-refractivity contribution >= 4 is 34.0 Å². The van der Waals surface area contributed by atoms with E-state index in [9.17, 15) is 9.59 Å². The summed E-state index contributed by atoms with van der Waals surface area (Å²) in [6.45, 7) is 0. The highest BCUT2D eigenvalue weighted by molar-refractivity contribution is 9.10. The molecular weight excluding hydrogens is 428 g/mol. The number of amides is 1. The number of hydrogen-bond donors (Lipinski definition) is 0. The average Bonchev–Trinajstić information content (AvgIpc) is 2.74. The molecule has 0 aromatic heterocycles. The first kappa shape index (κ1) is 20.7. The topological polar surface area (TPSA) is 49.7 Å². The highest BCUT2D eigenvalue weighted by atomic mass is 79.9. The quantitative estimate of drug-likeness (QED) is 0.305. The Balaban J connectivity index is 1.94. The monoisotopic (exact) mass is 448 g/mol. The fourth-order valence-corrected chi connectivity index (χ4v) is 3.23. The van der Waals surface area contributed by atoms with E-state index < -0.39 is 5.92 Å². The van der Waals surface area contributed by atoms with Gasteiger partial charge in [0.2, 0.25) is 0 Å². The van der Waals surface area contributed by atoms with Gasteiger partial charge in [-0.25, -0.2) is 4.99 Å². The van der Waals surface area contributed by atoms with E-state index in [0.717, 1.165) is 15.6 Å². The second-order valence-electron chi connectivity index (χ2n) is 6.85. The van der Waals surface area contributed by atoms with Gasteiger partial charge in [-0.15, -0.1) is 0 Å². The fraction of sp³-hybridized carbons (Fsp3) is 0.125. The molecule has 0 saturated heterocycles. The maximum atomic E-state index is 12.9. The highest BCUT2D eigenvalue weighted by Gasteiger charge is 2.23. The molecule has 1 atom stereocenters. The molecule has 29 heavy (non-hydrogen) atoms. The van der Waals surface area contributed by atoms with Gasteiger partial charge in [0, 0.05) is 29.7 Å². The molecule has 5 heteroatoms. The van der Waals surface area contributed by atoms with Crippen molar-refractivity contribution in [3.63, 3.8) is 0 Å². The number of nitrogens with zero attached hydrogens (tertiary/aromatic N) is 2. The number of halogens is 1. The van der Waals surface area contributed by atoms with Gasteiger partial charge in [0.05, 0.1) is 12.3 Å². The normalized spacial score (nSPS) is 12.0. The molecule has 3 rings (SSSR count). The Bertz CT molecular complexity index is 1010. The molecule has 0 aliphatic carbocycles. The Hall–Kier alpha value is -3.05. The highest BCUT2D eigenvalue weighted by Crippen LogP contribution is 2.28. The lowest BCUT2D eigenvalue weighted by Crippen LogP contribution is -2.16. The van der Waals surface area contributed by atoms with Crippen LogP contribution < -0.4 is 0 Å². The van der Waals surface area contributed by atoms with Crippen LogP contribution in [0.2, 0.25) is 0 Å². The fourth-order valence-electron chi connectivity index (χ4n) is 2.96. The van der Waals surface area contributed by atoms with Crippen LogP contribution >= 0.6 is 15.9 Å². The van der Waals surface area contributed by atoms with Crippen molar-refractivity contribution in [1.82, 2.24) is 4.90 Å². The molecule has 0 aliphatic rings. The van der Waals surface area contributed by atoms with Crippen LogP contribution in [0.15, 0.2) is 88.3 Å². The van der Waals surface area contributed by atoms with Crippen molar-refractivity contribution in [2.75, 3.05) is 14.1 Å². The van der Waals surface area contributed by atoms with Crippen LogP contribution in [0.4, 0.5) is 0 Å². The molecule has 3 aromatic carbocycles. The second kappa shape index (κ2) is 9.43. The van der Waals surface area contributed by atoms with Crippen molar-refractivity contribution in [3.05, 3.63) is 106 Å². The van der Waals surface area contributed by atoms with Crippen LogP contribution in [0, 0.1) is 0 Å². The minimum absolute atomic E-state index is 0.0469. The van der Waals surface area contributed by atoms with Gasteiger partial charge in [-0.05, 0) is 23.3 Å². The van der Waals surface area contributed by atoms with Crippen LogP contribution in [-0.4, -0.2) is 37.0 Å². The van der Waals surface area contributed by atoms with Gasteiger partial charge < -0.3 is 4.90 Å². The van der Waals surface area contributed by atoms with Crippen LogP contribution in [0.3, 0.4) is 0 Å². The maximum Gasteiger partial charge on any atom is 0.259 e. The van der Waals surface area contributed by atoms with Gasteiger partial charge in [0.15, 0.2) is 5.78 Å². The minimum atomic E-state index is -0.542. The molecule has 4 nitrogen and oxygen atoms in total. The predicted molar refractivity (Wildman–Crippen MR) is 119 cm³/mol. The van der Waals surface area contributed by atoms with Gasteiger partial charge in [-0.1, -0.05) is 82.7 Å². The standard InChI is InChI=1S/C24H21BrN2O2/c1-27(2)16-26-24(29)22(18-12-14-21(25)15-13-18)17-8-10-20(11-9-17)23(28)19-6-4-3-5-7-19/h3-16,22H,1-2H3/t22-/m1/s1. The van der Waals surface area contributed by atoms with E-state index in [1.165, 1.54) is 6.34 Å². The van der Waals surface area contributed by atoms with Crippen LogP contribution in [0.5, 0.6) is 0 Å². The minimum Gasteiger partial charge on any atom is -0.369 e. The zero-order valence-electron chi connectivity index (χ0n) is 16.2. The smallest absolute Gasteiger partial charge is 0.259 e. The molecule has 146 valence electrons. The molecule has 0 unspecified atom stereocenters. The summed E-state index contributed by atoms with van der Waals surface area (Å²) < 4.78 is 0.938. The van der Waals surface area contributed by atoms with E-state index in [1.54, 1.807) is 29.2 Å². The third-order valence-electron chi connectivity index (χ3n) is 4.41. The van der Waals surface area contributed by atoms with E-state index in [0.29, 0.717) is 11.1 Å². The van der Waals surface area contributed by atoms with E-state index in [-0.39, 0.29) is 11.7 Å². The summed E-state index contributed by atoms with van der Waals surface area (Å²) in [4.78, 5) is 31.3. The van der Waals surface area contributed by atoms with E-state index in [1.807, 2.05) is 68.7 Å². The molecular formula is C24H21BrN2O2. The van der Waals surface area contributed by atoms with E-state index in [2.05, 4.69) is 20.9 Å². The van der Waals surface area contributed by atoms with Gasteiger partial charge in [-0.3, -0.25) is 9.59 Å². The first-order valence-electron chi connectivity index (χ1n) is 9.15. The lowest BCUT2D eigenvalue weighted by Gasteiger charge is -2.15. The number of rotatable bonds is 6. The van der Waals surface area contributed by atoms with Crippen molar-refractivity contribution in [1.29, 1.82) is 0 Å². The zero-order valence-corrected chi connectivity index (χ0v) is 17.8. The SMILES string of the molecule is CN(C)C=NC(=O)[C@@H](c1ccc(Br)cc1)c1ccc(C(=O)c2ccccc2)cc1. The third kappa shape index (κ3) is 5.27. The molecule has 3 aromatic rings. The third-order valence-corrected chi connectivity index (χ3v) is 4.94. The lowest BCUT2D eigenvalue weighted by molar-refractivity contribution is -0.118. The van der Waals surface area contributed by atoms with Gasteiger partial charge in [-0.2, -0.15) is 0 Å². The van der Waals surface area contributed by atoms with Crippen molar-refractivity contribution < 1.29 is 9.59 Å². The summed E-state index contributed by atoms with van der Waals surface area (Å²) in [6.07, 6.45) is 1.50. The Morgan fingerprint density at radius 2 is 1.34 bits per heavy atom. The summed E-state index contributed by atoms with van der Waals surface area (Å²) in [5, 5.41) is 0. The predicted octanol–water partition coefficient (Wildman–Crippen LogP) is 4.93. The van der Waals surface area contributed by atoms with E-state index >= 15 is 0 Å². The Kier molecular flexibility index (Phi) is 6.73. The van der Waals surface area contributed by atoms with Gasteiger partial charge >= 0.3 is 0 Å². The van der Waals surface area contributed by atoms with Crippen molar-refractivity contribution in [3.8, 4) is 0 Å². The molecule has 0 spiro atoms. The molecule has 0 radical (unpaired) electrons. The number of ketones is 1. The van der Waals surface area contributed by atoms with Gasteiger partial charge in [0.1, 0.15) is 0 Å². The number of carbonyl (C=O) groups excluding carboxylic acids is 2. The molecule has 1 amide bonds. The summed E-state index contributed by atoms with van der Waals surface area (Å²) in [5.41, 5.74) is 2.85. The largest absolute Gasteiger partial charge is 0.369 e. The average molecular weight is 449 g/mol. The molecule has 0 saturated carbocycles. The number of aliphatic imine (C=N–C) groups is 1. The molecule has 0 fully saturated rings. The van der Waals surface area contributed by atoms with Crippen LogP contribution in [0.25, 0.3) is 0 Å². The molecule has 0 heterocycles. The van der Waals surface area contributed by atoms with Crippen LogP contribution in [0.1, 0.15) is 33.0 Å². The summed E-state index contributed by atoms with van der Waals surface area (Å²) in [7, 11) is 3.63.